The molecule has 5 heteroatoms. The van der Waals surface area contributed by atoms with Gasteiger partial charge in [0.2, 0.25) is 0 Å². The molecule has 0 aliphatic carbocycles. The fourth-order valence-corrected chi connectivity index (χ4v) is 4.18. The predicted octanol–water partition coefficient (Wildman–Crippen LogP) is 7.27. The minimum atomic E-state index is 0. The van der Waals surface area contributed by atoms with Gasteiger partial charge < -0.3 is 10.1 Å². The molecule has 2 nitrogen and oxygen atoms in total. The third kappa shape index (κ3) is 8.43. The number of ether oxygens (including phenoxy) is 1. The second-order valence-corrected chi connectivity index (χ2v) is 7.96. The zero-order valence-electron chi connectivity index (χ0n) is 15.3. The highest BCUT2D eigenvalue weighted by Gasteiger charge is 2.09. The molecule has 2 aromatic rings. The van der Waals surface area contributed by atoms with Gasteiger partial charge in [-0.25, -0.2) is 0 Å². The molecule has 0 aliphatic heterocycles. The Morgan fingerprint density at radius 1 is 0.885 bits per heavy atom. The van der Waals surface area contributed by atoms with Gasteiger partial charge in [-0.3, -0.25) is 0 Å². The number of nitrogens with one attached hydrogen (secondary N) is 1. The number of rotatable bonds is 11. The Morgan fingerprint density at radius 3 is 2.19 bits per heavy atom. The molecule has 0 bridgehead atoms. The smallest absolute Gasteiger partial charge is 0.148 e. The van der Waals surface area contributed by atoms with Crippen LogP contribution in [-0.2, 0) is 13.2 Å². The molecule has 0 saturated carbocycles. The van der Waals surface area contributed by atoms with Gasteiger partial charge >= 0.3 is 0 Å². The van der Waals surface area contributed by atoms with Crippen molar-refractivity contribution in [1.29, 1.82) is 0 Å². The molecule has 0 radical (unpaired) electrons. The van der Waals surface area contributed by atoms with Crippen molar-refractivity contribution in [2.45, 2.75) is 52.2 Å². The van der Waals surface area contributed by atoms with Gasteiger partial charge in [0.25, 0.3) is 0 Å². The zero-order valence-corrected chi connectivity index (χ0v) is 19.3. The number of hydrogen-bond acceptors (Lipinski definition) is 2. The summed E-state index contributed by atoms with van der Waals surface area (Å²) in [6, 6.07) is 14.5. The van der Waals surface area contributed by atoms with Gasteiger partial charge in [0.1, 0.15) is 12.4 Å². The van der Waals surface area contributed by atoms with Crippen LogP contribution in [0.2, 0.25) is 0 Å². The first kappa shape index (κ1) is 23.5. The zero-order chi connectivity index (χ0) is 17.9. The van der Waals surface area contributed by atoms with E-state index >= 15 is 0 Å². The Balaban J connectivity index is 0.00000338. The van der Waals surface area contributed by atoms with Crippen molar-refractivity contribution in [2.75, 3.05) is 6.54 Å². The van der Waals surface area contributed by atoms with Gasteiger partial charge in [-0.05, 0) is 68.1 Å². The van der Waals surface area contributed by atoms with Crippen LogP contribution in [0.25, 0.3) is 0 Å². The summed E-state index contributed by atoms with van der Waals surface area (Å²) in [7, 11) is 0. The highest BCUT2D eigenvalue weighted by molar-refractivity contribution is 9.11. The predicted molar refractivity (Wildman–Crippen MR) is 120 cm³/mol. The first-order chi connectivity index (χ1) is 12.2. The van der Waals surface area contributed by atoms with E-state index in [9.17, 15) is 0 Å². The van der Waals surface area contributed by atoms with Crippen LogP contribution in [0, 0.1) is 0 Å². The monoisotopic (exact) mass is 503 g/mol. The molecule has 144 valence electrons. The summed E-state index contributed by atoms with van der Waals surface area (Å²) >= 11 is 7.28. The molecule has 26 heavy (non-hydrogen) atoms. The molecular weight excluding hydrogens is 477 g/mol. The molecule has 0 spiro atoms. The van der Waals surface area contributed by atoms with Crippen molar-refractivity contribution in [3.63, 3.8) is 0 Å². The van der Waals surface area contributed by atoms with E-state index in [1.54, 1.807) is 0 Å². The molecule has 2 aromatic carbocycles. The summed E-state index contributed by atoms with van der Waals surface area (Å²) in [5, 5.41) is 3.53. The maximum absolute atomic E-state index is 5.98. The van der Waals surface area contributed by atoms with Crippen LogP contribution in [0.1, 0.15) is 50.2 Å². The van der Waals surface area contributed by atoms with Crippen LogP contribution in [0.5, 0.6) is 5.75 Å². The molecule has 0 atom stereocenters. The molecule has 1 N–H and O–H groups in total. The van der Waals surface area contributed by atoms with E-state index < -0.39 is 0 Å². The van der Waals surface area contributed by atoms with E-state index in [0.29, 0.717) is 6.61 Å². The molecule has 0 fully saturated rings. The van der Waals surface area contributed by atoms with Crippen LogP contribution >= 0.6 is 44.3 Å². The molecule has 0 aliphatic rings. The number of unbranched alkanes of at least 4 members (excludes halogenated alkanes) is 4. The van der Waals surface area contributed by atoms with Crippen molar-refractivity contribution in [1.82, 2.24) is 5.32 Å². The third-order valence-electron chi connectivity index (χ3n) is 4.07. The largest absolute Gasteiger partial charge is 0.487 e. The number of halogens is 3. The standard InChI is InChI=1S/C21H27Br2NO.ClH/c1-2-3-4-5-9-12-24-15-18-13-19(22)21(20(23)14-18)25-16-17-10-7-6-8-11-17;/h6-8,10-11,13-14,24H,2-5,9,12,15-16H2,1H3;1H. The van der Waals surface area contributed by atoms with Crippen LogP contribution in [0.3, 0.4) is 0 Å². The van der Waals surface area contributed by atoms with Crippen molar-refractivity contribution >= 4 is 44.3 Å². The topological polar surface area (TPSA) is 21.3 Å². The SMILES string of the molecule is CCCCCCCNCc1cc(Br)c(OCc2ccccc2)c(Br)c1.Cl. The number of benzene rings is 2. The summed E-state index contributed by atoms with van der Waals surface area (Å²) in [4.78, 5) is 0. The highest BCUT2D eigenvalue weighted by Crippen LogP contribution is 2.35. The summed E-state index contributed by atoms with van der Waals surface area (Å²) in [6.45, 7) is 4.77. The molecule has 0 unspecified atom stereocenters. The van der Waals surface area contributed by atoms with Gasteiger partial charge in [0, 0.05) is 6.54 Å². The Morgan fingerprint density at radius 2 is 1.54 bits per heavy atom. The molecule has 0 amide bonds. The first-order valence-corrected chi connectivity index (χ1v) is 10.6. The minimum Gasteiger partial charge on any atom is -0.487 e. The number of hydrogen-bond donors (Lipinski definition) is 1. The molecular formula is C21H28Br2ClNO. The fraction of sp³-hybridized carbons (Fsp3) is 0.429. The van der Waals surface area contributed by atoms with E-state index in [4.69, 9.17) is 4.74 Å². The van der Waals surface area contributed by atoms with Gasteiger partial charge in [-0.15, -0.1) is 12.4 Å². The quantitative estimate of drug-likeness (QED) is 0.324. The van der Waals surface area contributed by atoms with E-state index in [0.717, 1.165) is 33.3 Å². The Bertz CT molecular complexity index is 614. The summed E-state index contributed by atoms with van der Waals surface area (Å²) in [5.41, 5.74) is 2.41. The molecule has 0 heterocycles. The Labute approximate surface area is 180 Å². The van der Waals surface area contributed by atoms with Gasteiger partial charge in [0.05, 0.1) is 8.95 Å². The lowest BCUT2D eigenvalue weighted by Gasteiger charge is -2.13. The lowest BCUT2D eigenvalue weighted by Crippen LogP contribution is -2.14. The lowest BCUT2D eigenvalue weighted by atomic mass is 10.1. The normalized spacial score (nSPS) is 10.4. The van der Waals surface area contributed by atoms with E-state index in [-0.39, 0.29) is 12.4 Å². The van der Waals surface area contributed by atoms with Crippen molar-refractivity contribution in [3.8, 4) is 5.75 Å². The summed E-state index contributed by atoms with van der Waals surface area (Å²) in [5.74, 6) is 0.854. The first-order valence-electron chi connectivity index (χ1n) is 9.06. The molecule has 0 saturated heterocycles. The van der Waals surface area contributed by atoms with E-state index in [1.165, 1.54) is 37.7 Å². The average molecular weight is 506 g/mol. The average Bonchev–Trinajstić information content (AvgIpc) is 2.61. The minimum absolute atomic E-state index is 0. The molecule has 2 rings (SSSR count). The van der Waals surface area contributed by atoms with Crippen molar-refractivity contribution < 1.29 is 4.74 Å². The van der Waals surface area contributed by atoms with Gasteiger partial charge in [-0.1, -0.05) is 62.9 Å². The van der Waals surface area contributed by atoms with Gasteiger partial charge in [0.15, 0.2) is 0 Å². The Kier molecular flexibility index (Phi) is 12.3. The van der Waals surface area contributed by atoms with Gasteiger partial charge in [-0.2, -0.15) is 0 Å². The second kappa shape index (κ2) is 13.6. The van der Waals surface area contributed by atoms with Crippen LogP contribution in [-0.4, -0.2) is 6.54 Å². The summed E-state index contributed by atoms with van der Waals surface area (Å²) < 4.78 is 7.94. The maximum atomic E-state index is 5.98. The second-order valence-electron chi connectivity index (χ2n) is 6.25. The Hall–Kier alpha value is -0.550. The van der Waals surface area contributed by atoms with Crippen LogP contribution < -0.4 is 10.1 Å². The van der Waals surface area contributed by atoms with E-state index in [2.05, 4.69) is 68.4 Å². The fourth-order valence-electron chi connectivity index (χ4n) is 2.67. The summed E-state index contributed by atoms with van der Waals surface area (Å²) in [6.07, 6.45) is 6.57. The van der Waals surface area contributed by atoms with Crippen molar-refractivity contribution in [3.05, 3.63) is 62.5 Å². The maximum Gasteiger partial charge on any atom is 0.148 e. The van der Waals surface area contributed by atoms with E-state index in [1.807, 2.05) is 18.2 Å². The highest BCUT2D eigenvalue weighted by atomic mass is 79.9. The molecule has 0 aromatic heterocycles. The van der Waals surface area contributed by atoms with Crippen molar-refractivity contribution in [2.24, 2.45) is 0 Å². The van der Waals surface area contributed by atoms with Crippen LogP contribution in [0.15, 0.2) is 51.4 Å². The van der Waals surface area contributed by atoms with Crippen LogP contribution in [0.4, 0.5) is 0 Å². The lowest BCUT2D eigenvalue weighted by molar-refractivity contribution is 0.302. The third-order valence-corrected chi connectivity index (χ3v) is 5.25.